The van der Waals surface area contributed by atoms with Crippen molar-refractivity contribution in [2.45, 2.75) is 46.2 Å². The van der Waals surface area contributed by atoms with E-state index in [2.05, 4.69) is 80.8 Å². The van der Waals surface area contributed by atoms with Crippen LogP contribution in [0, 0.1) is 19.8 Å². The van der Waals surface area contributed by atoms with Gasteiger partial charge in [-0.25, -0.2) is 0 Å². The van der Waals surface area contributed by atoms with Gasteiger partial charge >= 0.3 is 0 Å². The number of hydrogen-bond donors (Lipinski definition) is 2. The predicted octanol–water partition coefficient (Wildman–Crippen LogP) is 5.30. The van der Waals surface area contributed by atoms with Crippen LogP contribution in [0.15, 0.2) is 42.5 Å². The summed E-state index contributed by atoms with van der Waals surface area (Å²) in [7, 11) is 0. The Kier molecular flexibility index (Phi) is 4.10. The number of rotatable bonds is 3. The molecule has 2 nitrogen and oxygen atoms in total. The maximum absolute atomic E-state index is 3.77. The molecule has 0 saturated carbocycles. The molecule has 0 radical (unpaired) electrons. The first-order valence-corrected chi connectivity index (χ1v) is 8.28. The summed E-state index contributed by atoms with van der Waals surface area (Å²) in [4.78, 5) is 0. The molecule has 2 aromatic carbocycles. The van der Waals surface area contributed by atoms with Crippen LogP contribution in [0.25, 0.3) is 0 Å². The van der Waals surface area contributed by atoms with E-state index in [0.717, 1.165) is 6.42 Å². The van der Waals surface area contributed by atoms with Gasteiger partial charge in [0.25, 0.3) is 0 Å². The summed E-state index contributed by atoms with van der Waals surface area (Å²) in [5.41, 5.74) is 6.48. The van der Waals surface area contributed by atoms with Gasteiger partial charge in [0.2, 0.25) is 0 Å². The van der Waals surface area contributed by atoms with Gasteiger partial charge in [0.1, 0.15) is 0 Å². The van der Waals surface area contributed by atoms with E-state index in [-0.39, 0.29) is 0 Å². The molecular formula is C20H26N2. The fourth-order valence-electron chi connectivity index (χ4n) is 3.43. The first kappa shape index (κ1) is 15.0. The normalized spacial score (nSPS) is 23.5. The zero-order chi connectivity index (χ0) is 15.7. The third-order valence-electron chi connectivity index (χ3n) is 4.86. The van der Waals surface area contributed by atoms with Crippen LogP contribution in [0.1, 0.15) is 43.0 Å². The lowest BCUT2D eigenvalue weighted by atomic mass is 9.82. The maximum atomic E-state index is 3.77. The minimum absolute atomic E-state index is 0.351. The van der Waals surface area contributed by atoms with E-state index in [1.165, 1.54) is 28.1 Å². The molecule has 0 amide bonds. The Labute approximate surface area is 134 Å². The van der Waals surface area contributed by atoms with Crippen molar-refractivity contribution in [1.29, 1.82) is 0 Å². The van der Waals surface area contributed by atoms with E-state index in [1.54, 1.807) is 0 Å². The Morgan fingerprint density at radius 2 is 1.68 bits per heavy atom. The summed E-state index contributed by atoms with van der Waals surface area (Å²) in [6, 6.07) is 16.3. The molecule has 2 N–H and O–H groups in total. The number of fused-ring (bicyclic) bond motifs is 1. The topological polar surface area (TPSA) is 24.1 Å². The molecule has 0 spiro atoms. The molecule has 0 saturated heterocycles. The summed E-state index contributed by atoms with van der Waals surface area (Å²) in [6.07, 6.45) is 1.14. The van der Waals surface area contributed by atoms with Crippen molar-refractivity contribution < 1.29 is 0 Å². The van der Waals surface area contributed by atoms with Crippen molar-refractivity contribution in [2.75, 3.05) is 10.6 Å². The molecule has 2 heteroatoms. The number of benzene rings is 2. The molecule has 0 fully saturated rings. The van der Waals surface area contributed by atoms with E-state index in [0.29, 0.717) is 18.0 Å². The molecule has 3 atom stereocenters. The fourth-order valence-corrected chi connectivity index (χ4v) is 3.43. The van der Waals surface area contributed by atoms with Crippen LogP contribution in [-0.4, -0.2) is 6.04 Å². The lowest BCUT2D eigenvalue weighted by Gasteiger charge is -2.39. The Morgan fingerprint density at radius 3 is 2.36 bits per heavy atom. The average molecular weight is 294 g/mol. The highest BCUT2D eigenvalue weighted by molar-refractivity contribution is 5.60. The SMILES string of the molecule is CCC1Nc2ccc(C)cc2C(Nc2ccc(C)cc2)C1C. The molecular weight excluding hydrogens is 268 g/mol. The number of aryl methyl sites for hydroxylation is 2. The van der Waals surface area contributed by atoms with Crippen LogP contribution >= 0.6 is 0 Å². The minimum atomic E-state index is 0.351. The Balaban J connectivity index is 1.96. The predicted molar refractivity (Wildman–Crippen MR) is 95.6 cm³/mol. The third kappa shape index (κ3) is 2.83. The number of nitrogens with one attached hydrogen (secondary N) is 2. The van der Waals surface area contributed by atoms with Crippen molar-refractivity contribution in [3.8, 4) is 0 Å². The Bertz CT molecular complexity index is 645. The molecule has 0 aliphatic carbocycles. The summed E-state index contributed by atoms with van der Waals surface area (Å²) < 4.78 is 0. The second-order valence-electron chi connectivity index (χ2n) is 6.60. The molecule has 3 unspecified atom stereocenters. The van der Waals surface area contributed by atoms with E-state index in [1.807, 2.05) is 0 Å². The summed E-state index contributed by atoms with van der Waals surface area (Å²) in [5.74, 6) is 0.542. The molecule has 2 aromatic rings. The highest BCUT2D eigenvalue weighted by Crippen LogP contribution is 2.40. The van der Waals surface area contributed by atoms with Crippen molar-refractivity contribution in [1.82, 2.24) is 0 Å². The molecule has 1 heterocycles. The van der Waals surface area contributed by atoms with Gasteiger partial charge in [0.05, 0.1) is 6.04 Å². The van der Waals surface area contributed by atoms with Crippen LogP contribution in [0.4, 0.5) is 11.4 Å². The maximum Gasteiger partial charge on any atom is 0.0579 e. The molecule has 22 heavy (non-hydrogen) atoms. The first-order chi connectivity index (χ1) is 10.6. The van der Waals surface area contributed by atoms with Gasteiger partial charge in [-0.15, -0.1) is 0 Å². The number of hydrogen-bond acceptors (Lipinski definition) is 2. The van der Waals surface area contributed by atoms with Gasteiger partial charge in [-0.05, 0) is 44.0 Å². The van der Waals surface area contributed by atoms with Crippen LogP contribution < -0.4 is 10.6 Å². The Hall–Kier alpha value is -1.96. The zero-order valence-electron chi connectivity index (χ0n) is 14.0. The summed E-state index contributed by atoms with van der Waals surface area (Å²) in [5, 5.41) is 7.47. The fraction of sp³-hybridized carbons (Fsp3) is 0.400. The standard InChI is InChI=1S/C20H26N2/c1-5-18-15(4)20(21-16-9-6-13(2)7-10-16)17-12-14(3)8-11-19(17)22-18/h6-12,15,18,20-22H,5H2,1-4H3. The van der Waals surface area contributed by atoms with Gasteiger partial charge < -0.3 is 10.6 Å². The molecule has 1 aliphatic heterocycles. The van der Waals surface area contributed by atoms with Crippen LogP contribution in [0.3, 0.4) is 0 Å². The quantitative estimate of drug-likeness (QED) is 0.803. The molecule has 3 rings (SSSR count). The van der Waals surface area contributed by atoms with Crippen molar-refractivity contribution in [3.05, 3.63) is 59.2 Å². The van der Waals surface area contributed by atoms with Crippen molar-refractivity contribution in [3.63, 3.8) is 0 Å². The van der Waals surface area contributed by atoms with Gasteiger partial charge in [-0.3, -0.25) is 0 Å². The lowest BCUT2D eigenvalue weighted by molar-refractivity contribution is 0.400. The second kappa shape index (κ2) is 6.04. The van der Waals surface area contributed by atoms with E-state index < -0.39 is 0 Å². The third-order valence-corrected chi connectivity index (χ3v) is 4.86. The molecule has 0 bridgehead atoms. The van der Waals surface area contributed by atoms with Gasteiger partial charge in [-0.2, -0.15) is 0 Å². The average Bonchev–Trinajstić information content (AvgIpc) is 2.52. The van der Waals surface area contributed by atoms with E-state index in [9.17, 15) is 0 Å². The summed E-state index contributed by atoms with van der Waals surface area (Å²) >= 11 is 0. The molecule has 1 aliphatic rings. The zero-order valence-corrected chi connectivity index (χ0v) is 14.0. The first-order valence-electron chi connectivity index (χ1n) is 8.28. The smallest absolute Gasteiger partial charge is 0.0579 e. The molecule has 116 valence electrons. The van der Waals surface area contributed by atoms with Gasteiger partial charge in [0.15, 0.2) is 0 Å². The lowest BCUT2D eigenvalue weighted by Crippen LogP contribution is -2.38. The van der Waals surface area contributed by atoms with E-state index in [4.69, 9.17) is 0 Å². The van der Waals surface area contributed by atoms with E-state index >= 15 is 0 Å². The highest BCUT2D eigenvalue weighted by Gasteiger charge is 2.32. The van der Waals surface area contributed by atoms with Crippen LogP contribution in [0.2, 0.25) is 0 Å². The minimum Gasteiger partial charge on any atom is -0.382 e. The van der Waals surface area contributed by atoms with Crippen molar-refractivity contribution >= 4 is 11.4 Å². The largest absolute Gasteiger partial charge is 0.382 e. The van der Waals surface area contributed by atoms with Crippen molar-refractivity contribution in [2.24, 2.45) is 5.92 Å². The Morgan fingerprint density at radius 1 is 1.00 bits per heavy atom. The van der Waals surface area contributed by atoms with Crippen LogP contribution in [0.5, 0.6) is 0 Å². The van der Waals surface area contributed by atoms with Gasteiger partial charge in [0, 0.05) is 23.3 Å². The second-order valence-corrected chi connectivity index (χ2v) is 6.60. The monoisotopic (exact) mass is 294 g/mol. The highest BCUT2D eigenvalue weighted by atomic mass is 15.0. The molecule has 0 aromatic heterocycles. The summed E-state index contributed by atoms with van der Waals surface area (Å²) in [6.45, 7) is 8.90. The van der Waals surface area contributed by atoms with Crippen LogP contribution in [-0.2, 0) is 0 Å². The number of anilines is 2. The van der Waals surface area contributed by atoms with Gasteiger partial charge in [-0.1, -0.05) is 49.2 Å².